The van der Waals surface area contributed by atoms with Gasteiger partial charge < -0.3 is 15.4 Å². The summed E-state index contributed by atoms with van der Waals surface area (Å²) in [6.07, 6.45) is 0.225. The highest BCUT2D eigenvalue weighted by Crippen LogP contribution is 2.14. The normalized spacial score (nSPS) is 12.0. The van der Waals surface area contributed by atoms with Crippen molar-refractivity contribution < 1.29 is 19.1 Å². The van der Waals surface area contributed by atoms with E-state index in [9.17, 15) is 14.4 Å². The summed E-state index contributed by atoms with van der Waals surface area (Å²) in [5.74, 6) is -0.634. The average molecular weight is 349 g/mol. The molecule has 0 bridgehead atoms. The molecule has 0 saturated heterocycles. The lowest BCUT2D eigenvalue weighted by molar-refractivity contribution is -0.122. The summed E-state index contributed by atoms with van der Waals surface area (Å²) in [6.45, 7) is 9.43. The zero-order chi connectivity index (χ0) is 19.0. The quantitative estimate of drug-likeness (QED) is 0.735. The number of hydrogen-bond acceptors (Lipinski definition) is 4. The summed E-state index contributed by atoms with van der Waals surface area (Å²) in [5, 5.41) is 7.93. The van der Waals surface area contributed by atoms with Gasteiger partial charge in [0, 0.05) is 17.8 Å². The van der Waals surface area contributed by atoms with E-state index in [0.717, 1.165) is 6.42 Å². The second kappa shape index (κ2) is 9.05. The van der Waals surface area contributed by atoms with Gasteiger partial charge in [0.25, 0.3) is 5.91 Å². The second-order valence-electron chi connectivity index (χ2n) is 6.69. The standard InChI is InChI=1S/C18H27N3O4/c1-6-10-19-15(22)12(2)20-16(23)13-8-7-9-14(11-13)21-17(24)25-18(3,4)5/h7-9,11-12H,6,10H2,1-5H3,(H,19,22)(H,20,23)(H,21,24)/t12-/m0/s1. The van der Waals surface area contributed by atoms with Gasteiger partial charge in [0.05, 0.1) is 0 Å². The number of carbonyl (C=O) groups is 3. The van der Waals surface area contributed by atoms with Gasteiger partial charge in [0.2, 0.25) is 5.91 Å². The third kappa shape index (κ3) is 7.69. The summed E-state index contributed by atoms with van der Waals surface area (Å²) < 4.78 is 5.17. The molecule has 0 heterocycles. The maximum absolute atomic E-state index is 12.3. The van der Waals surface area contributed by atoms with Crippen LogP contribution in [0.25, 0.3) is 0 Å². The van der Waals surface area contributed by atoms with Gasteiger partial charge in [-0.3, -0.25) is 14.9 Å². The maximum atomic E-state index is 12.3. The van der Waals surface area contributed by atoms with E-state index in [1.165, 1.54) is 6.07 Å². The smallest absolute Gasteiger partial charge is 0.412 e. The number of hydrogen-bond donors (Lipinski definition) is 3. The molecule has 0 radical (unpaired) electrons. The van der Waals surface area contributed by atoms with Crippen molar-refractivity contribution in [3.05, 3.63) is 29.8 Å². The van der Waals surface area contributed by atoms with Gasteiger partial charge in [-0.15, -0.1) is 0 Å². The monoisotopic (exact) mass is 349 g/mol. The predicted octanol–water partition coefficient (Wildman–Crippen LogP) is 2.68. The Bertz CT molecular complexity index is 623. The molecule has 0 aliphatic carbocycles. The molecule has 138 valence electrons. The minimum atomic E-state index is -0.651. The molecule has 3 N–H and O–H groups in total. The third-order valence-corrected chi connectivity index (χ3v) is 3.06. The van der Waals surface area contributed by atoms with Crippen LogP contribution >= 0.6 is 0 Å². The van der Waals surface area contributed by atoms with Gasteiger partial charge in [-0.05, 0) is 52.3 Å². The van der Waals surface area contributed by atoms with Crippen LogP contribution in [0.1, 0.15) is 51.4 Å². The lowest BCUT2D eigenvalue weighted by Gasteiger charge is -2.19. The number of rotatable bonds is 6. The van der Waals surface area contributed by atoms with Crippen molar-refractivity contribution in [1.82, 2.24) is 10.6 Å². The summed E-state index contributed by atoms with van der Waals surface area (Å²) in [4.78, 5) is 35.9. The zero-order valence-electron chi connectivity index (χ0n) is 15.4. The van der Waals surface area contributed by atoms with Gasteiger partial charge in [0.1, 0.15) is 11.6 Å². The summed E-state index contributed by atoms with van der Waals surface area (Å²) >= 11 is 0. The van der Waals surface area contributed by atoms with Crippen molar-refractivity contribution in [2.45, 2.75) is 52.7 Å². The summed E-state index contributed by atoms with van der Waals surface area (Å²) in [6, 6.07) is 5.77. The molecule has 1 atom stereocenters. The first kappa shape index (κ1) is 20.5. The topological polar surface area (TPSA) is 96.5 Å². The van der Waals surface area contributed by atoms with Crippen LogP contribution in [0.15, 0.2) is 24.3 Å². The summed E-state index contributed by atoms with van der Waals surface area (Å²) in [7, 11) is 0. The van der Waals surface area contributed by atoms with E-state index in [0.29, 0.717) is 17.8 Å². The fourth-order valence-corrected chi connectivity index (χ4v) is 1.91. The van der Waals surface area contributed by atoms with Crippen LogP contribution in [-0.4, -0.2) is 36.1 Å². The number of anilines is 1. The number of nitrogens with one attached hydrogen (secondary N) is 3. The Morgan fingerprint density at radius 1 is 1.20 bits per heavy atom. The first-order chi connectivity index (χ1) is 11.6. The van der Waals surface area contributed by atoms with Gasteiger partial charge in [-0.25, -0.2) is 4.79 Å². The van der Waals surface area contributed by atoms with E-state index < -0.39 is 23.6 Å². The lowest BCUT2D eigenvalue weighted by Crippen LogP contribution is -2.45. The number of carbonyl (C=O) groups excluding carboxylic acids is 3. The van der Waals surface area contributed by atoms with Crippen LogP contribution in [0.2, 0.25) is 0 Å². The van der Waals surface area contributed by atoms with E-state index >= 15 is 0 Å². The highest BCUT2D eigenvalue weighted by molar-refractivity contribution is 5.98. The van der Waals surface area contributed by atoms with E-state index in [2.05, 4.69) is 16.0 Å². The predicted molar refractivity (Wildman–Crippen MR) is 96.5 cm³/mol. The fraction of sp³-hybridized carbons (Fsp3) is 0.500. The Morgan fingerprint density at radius 3 is 2.48 bits per heavy atom. The fourth-order valence-electron chi connectivity index (χ4n) is 1.91. The molecule has 1 rings (SSSR count). The molecule has 7 nitrogen and oxygen atoms in total. The van der Waals surface area contributed by atoms with Gasteiger partial charge in [0.15, 0.2) is 0 Å². The molecule has 0 aliphatic heterocycles. The van der Waals surface area contributed by atoms with Crippen LogP contribution in [0.3, 0.4) is 0 Å². The van der Waals surface area contributed by atoms with Crippen LogP contribution in [0.4, 0.5) is 10.5 Å². The Labute approximate surface area is 148 Å². The van der Waals surface area contributed by atoms with Crippen LogP contribution < -0.4 is 16.0 Å². The van der Waals surface area contributed by atoms with Crippen molar-refractivity contribution in [3.63, 3.8) is 0 Å². The number of ether oxygens (including phenoxy) is 1. The number of benzene rings is 1. The van der Waals surface area contributed by atoms with Crippen molar-refractivity contribution in [1.29, 1.82) is 0 Å². The Kier molecular flexibility index (Phi) is 7.42. The molecule has 1 aromatic rings. The molecule has 0 fully saturated rings. The van der Waals surface area contributed by atoms with E-state index in [4.69, 9.17) is 4.74 Å². The minimum absolute atomic E-state index is 0.238. The molecule has 7 heteroatoms. The molecule has 0 aliphatic rings. The first-order valence-corrected chi connectivity index (χ1v) is 8.31. The molecule has 1 aromatic carbocycles. The van der Waals surface area contributed by atoms with Gasteiger partial charge >= 0.3 is 6.09 Å². The van der Waals surface area contributed by atoms with E-state index in [-0.39, 0.29) is 5.91 Å². The average Bonchev–Trinajstić information content (AvgIpc) is 2.50. The number of amides is 3. The second-order valence-corrected chi connectivity index (χ2v) is 6.69. The van der Waals surface area contributed by atoms with Crippen LogP contribution in [0, 0.1) is 0 Å². The van der Waals surface area contributed by atoms with Gasteiger partial charge in [-0.2, -0.15) is 0 Å². The highest BCUT2D eigenvalue weighted by Gasteiger charge is 2.18. The molecular formula is C18H27N3O4. The minimum Gasteiger partial charge on any atom is -0.444 e. The SMILES string of the molecule is CCCNC(=O)[C@H](C)NC(=O)c1cccc(NC(=O)OC(C)(C)C)c1. The molecule has 3 amide bonds. The Balaban J connectivity index is 2.69. The zero-order valence-corrected chi connectivity index (χ0v) is 15.4. The Hall–Kier alpha value is -2.57. The molecule has 0 unspecified atom stereocenters. The van der Waals surface area contributed by atoms with Crippen LogP contribution in [-0.2, 0) is 9.53 Å². The largest absolute Gasteiger partial charge is 0.444 e. The van der Waals surface area contributed by atoms with E-state index in [1.54, 1.807) is 45.9 Å². The van der Waals surface area contributed by atoms with E-state index in [1.807, 2.05) is 6.92 Å². The highest BCUT2D eigenvalue weighted by atomic mass is 16.6. The maximum Gasteiger partial charge on any atom is 0.412 e. The first-order valence-electron chi connectivity index (χ1n) is 8.31. The van der Waals surface area contributed by atoms with Gasteiger partial charge in [-0.1, -0.05) is 13.0 Å². The molecule has 0 aromatic heterocycles. The van der Waals surface area contributed by atoms with Crippen molar-refractivity contribution in [2.75, 3.05) is 11.9 Å². The lowest BCUT2D eigenvalue weighted by atomic mass is 10.1. The Morgan fingerprint density at radius 2 is 1.88 bits per heavy atom. The van der Waals surface area contributed by atoms with Crippen molar-refractivity contribution in [2.24, 2.45) is 0 Å². The third-order valence-electron chi connectivity index (χ3n) is 3.06. The molecule has 0 saturated carbocycles. The molecule has 0 spiro atoms. The molecule has 25 heavy (non-hydrogen) atoms. The van der Waals surface area contributed by atoms with Crippen LogP contribution in [0.5, 0.6) is 0 Å². The summed E-state index contributed by atoms with van der Waals surface area (Å²) in [5.41, 5.74) is 0.161. The molecular weight excluding hydrogens is 322 g/mol. The van der Waals surface area contributed by atoms with Crippen molar-refractivity contribution >= 4 is 23.6 Å². The van der Waals surface area contributed by atoms with Crippen molar-refractivity contribution in [3.8, 4) is 0 Å².